The summed E-state index contributed by atoms with van der Waals surface area (Å²) in [6.45, 7) is 4.18. The molecule has 0 unspecified atom stereocenters. The Morgan fingerprint density at radius 3 is 2.79 bits per heavy atom. The van der Waals surface area contributed by atoms with Gasteiger partial charge in [0.1, 0.15) is 18.0 Å². The van der Waals surface area contributed by atoms with Gasteiger partial charge in [0.2, 0.25) is 5.91 Å². The van der Waals surface area contributed by atoms with E-state index in [-0.39, 0.29) is 48.9 Å². The molecule has 24 heavy (non-hydrogen) atoms. The Bertz CT molecular complexity index is 813. The molecule has 3 rings (SSSR count). The summed E-state index contributed by atoms with van der Waals surface area (Å²) in [5.41, 5.74) is 0.352. The SMILES string of the molecule is CC(C)NC(=O)c1nc2c(o1)CN(C(=O)Cn1ccccc1=O)C2. The van der Waals surface area contributed by atoms with E-state index in [1.807, 2.05) is 13.8 Å². The van der Waals surface area contributed by atoms with Gasteiger partial charge in [0.25, 0.3) is 11.4 Å². The van der Waals surface area contributed by atoms with Crippen LogP contribution in [0, 0.1) is 0 Å². The van der Waals surface area contributed by atoms with Crippen molar-refractivity contribution in [3.05, 3.63) is 52.1 Å². The molecule has 1 aliphatic rings. The highest BCUT2D eigenvalue weighted by atomic mass is 16.4. The summed E-state index contributed by atoms with van der Waals surface area (Å²) in [6, 6.07) is 4.72. The van der Waals surface area contributed by atoms with Gasteiger partial charge < -0.3 is 19.2 Å². The molecule has 1 N–H and O–H groups in total. The minimum Gasteiger partial charge on any atom is -0.435 e. The van der Waals surface area contributed by atoms with Crippen LogP contribution in [-0.4, -0.2) is 32.3 Å². The zero-order valence-corrected chi connectivity index (χ0v) is 13.5. The maximum Gasteiger partial charge on any atom is 0.307 e. The van der Waals surface area contributed by atoms with Gasteiger partial charge in [0, 0.05) is 18.3 Å². The first-order valence-electron chi connectivity index (χ1n) is 7.66. The average Bonchev–Trinajstić information content (AvgIpc) is 3.07. The second kappa shape index (κ2) is 6.31. The largest absolute Gasteiger partial charge is 0.435 e. The first-order valence-corrected chi connectivity index (χ1v) is 7.66. The van der Waals surface area contributed by atoms with E-state index in [9.17, 15) is 14.4 Å². The van der Waals surface area contributed by atoms with Gasteiger partial charge in [-0.05, 0) is 19.9 Å². The zero-order valence-electron chi connectivity index (χ0n) is 13.5. The number of carbonyl (C=O) groups is 2. The number of rotatable bonds is 4. The monoisotopic (exact) mass is 330 g/mol. The number of carbonyl (C=O) groups excluding carboxylic acids is 2. The summed E-state index contributed by atoms with van der Waals surface area (Å²) in [7, 11) is 0. The molecule has 8 heteroatoms. The Labute approximate surface area is 138 Å². The van der Waals surface area contributed by atoms with Gasteiger partial charge in [0.15, 0.2) is 0 Å². The normalized spacial score (nSPS) is 13.2. The van der Waals surface area contributed by atoms with Gasteiger partial charge in [-0.2, -0.15) is 0 Å². The van der Waals surface area contributed by atoms with Gasteiger partial charge in [-0.3, -0.25) is 14.4 Å². The number of hydrogen-bond donors (Lipinski definition) is 1. The summed E-state index contributed by atoms with van der Waals surface area (Å²) in [4.78, 5) is 41.6. The van der Waals surface area contributed by atoms with Gasteiger partial charge in [-0.1, -0.05) is 6.07 Å². The fraction of sp³-hybridized carbons (Fsp3) is 0.375. The lowest BCUT2D eigenvalue weighted by Gasteiger charge is -2.15. The summed E-state index contributed by atoms with van der Waals surface area (Å²) in [6.07, 6.45) is 1.57. The van der Waals surface area contributed by atoms with Crippen molar-refractivity contribution in [2.75, 3.05) is 0 Å². The van der Waals surface area contributed by atoms with E-state index in [1.165, 1.54) is 10.6 Å². The number of oxazole rings is 1. The average molecular weight is 330 g/mol. The molecular weight excluding hydrogens is 312 g/mol. The third-order valence-corrected chi connectivity index (χ3v) is 3.62. The molecule has 0 spiro atoms. The molecule has 0 aliphatic carbocycles. The molecule has 0 fully saturated rings. The fourth-order valence-electron chi connectivity index (χ4n) is 2.47. The molecule has 0 atom stereocenters. The van der Waals surface area contributed by atoms with Crippen LogP contribution in [0.4, 0.5) is 0 Å². The lowest BCUT2D eigenvalue weighted by atomic mass is 10.4. The van der Waals surface area contributed by atoms with Crippen LogP contribution in [0.5, 0.6) is 0 Å². The predicted molar refractivity (Wildman–Crippen MR) is 84.1 cm³/mol. The standard InChI is InChI=1S/C16H18N4O4/c1-10(2)17-15(23)16-18-11-7-20(8-12(11)24-16)14(22)9-19-6-4-3-5-13(19)21/h3-6,10H,7-9H2,1-2H3,(H,17,23). The molecule has 0 aromatic carbocycles. The molecule has 3 heterocycles. The molecule has 1 aliphatic heterocycles. The maximum atomic E-state index is 12.3. The third-order valence-electron chi connectivity index (χ3n) is 3.62. The van der Waals surface area contributed by atoms with E-state index in [0.717, 1.165) is 0 Å². The second-order valence-electron chi connectivity index (χ2n) is 5.93. The zero-order chi connectivity index (χ0) is 17.3. The summed E-state index contributed by atoms with van der Waals surface area (Å²) < 4.78 is 6.80. The van der Waals surface area contributed by atoms with Gasteiger partial charge in [-0.25, -0.2) is 4.98 Å². The minimum atomic E-state index is -0.367. The maximum absolute atomic E-state index is 12.3. The topological polar surface area (TPSA) is 97.4 Å². The van der Waals surface area contributed by atoms with Crippen molar-refractivity contribution < 1.29 is 14.0 Å². The van der Waals surface area contributed by atoms with Crippen LogP contribution >= 0.6 is 0 Å². The number of nitrogens with zero attached hydrogens (tertiary/aromatic N) is 3. The number of aromatic nitrogens is 2. The van der Waals surface area contributed by atoms with E-state index in [2.05, 4.69) is 10.3 Å². The van der Waals surface area contributed by atoms with Crippen molar-refractivity contribution in [2.45, 2.75) is 39.5 Å². The van der Waals surface area contributed by atoms with Crippen LogP contribution in [0.25, 0.3) is 0 Å². The number of nitrogens with one attached hydrogen (secondary N) is 1. The van der Waals surface area contributed by atoms with Crippen LogP contribution in [0.3, 0.4) is 0 Å². The Morgan fingerprint density at radius 2 is 2.12 bits per heavy atom. The number of fused-ring (bicyclic) bond motifs is 1. The molecule has 2 aromatic heterocycles. The van der Waals surface area contributed by atoms with Crippen molar-refractivity contribution in [3.8, 4) is 0 Å². The molecule has 0 saturated heterocycles. The van der Waals surface area contributed by atoms with Crippen LogP contribution in [0.2, 0.25) is 0 Å². The smallest absolute Gasteiger partial charge is 0.307 e. The molecule has 0 bridgehead atoms. The van der Waals surface area contributed by atoms with Crippen LogP contribution in [0.1, 0.15) is 36.0 Å². The molecule has 0 saturated carbocycles. The summed E-state index contributed by atoms with van der Waals surface area (Å²) >= 11 is 0. The summed E-state index contributed by atoms with van der Waals surface area (Å²) in [5.74, 6) is -0.0458. The highest BCUT2D eigenvalue weighted by Crippen LogP contribution is 2.23. The molecule has 2 aromatic rings. The quantitative estimate of drug-likeness (QED) is 0.881. The lowest BCUT2D eigenvalue weighted by Crippen LogP contribution is -2.33. The summed E-state index contributed by atoms with van der Waals surface area (Å²) in [5, 5.41) is 2.71. The van der Waals surface area contributed by atoms with E-state index in [0.29, 0.717) is 11.5 Å². The van der Waals surface area contributed by atoms with Crippen molar-refractivity contribution in [1.82, 2.24) is 19.8 Å². The molecule has 8 nitrogen and oxygen atoms in total. The van der Waals surface area contributed by atoms with Crippen molar-refractivity contribution in [3.63, 3.8) is 0 Å². The molecule has 2 amide bonds. The second-order valence-corrected chi connectivity index (χ2v) is 5.93. The Hall–Kier alpha value is -2.90. The van der Waals surface area contributed by atoms with Crippen LogP contribution in [0.15, 0.2) is 33.6 Å². The Kier molecular flexibility index (Phi) is 4.20. The minimum absolute atomic E-state index is 0.0125. The number of pyridine rings is 1. The van der Waals surface area contributed by atoms with E-state index >= 15 is 0 Å². The van der Waals surface area contributed by atoms with E-state index in [1.54, 1.807) is 23.2 Å². The molecular formula is C16H18N4O4. The first-order chi connectivity index (χ1) is 11.4. The predicted octanol–water partition coefficient (Wildman–Crippen LogP) is 0.517. The van der Waals surface area contributed by atoms with Crippen LogP contribution in [-0.2, 0) is 24.4 Å². The van der Waals surface area contributed by atoms with Gasteiger partial charge in [0.05, 0.1) is 13.1 Å². The fourth-order valence-corrected chi connectivity index (χ4v) is 2.47. The highest BCUT2D eigenvalue weighted by Gasteiger charge is 2.30. The molecule has 0 radical (unpaired) electrons. The van der Waals surface area contributed by atoms with Gasteiger partial charge in [-0.15, -0.1) is 0 Å². The third kappa shape index (κ3) is 3.22. The van der Waals surface area contributed by atoms with Gasteiger partial charge >= 0.3 is 5.91 Å². The van der Waals surface area contributed by atoms with E-state index in [4.69, 9.17) is 4.42 Å². The highest BCUT2D eigenvalue weighted by molar-refractivity contribution is 5.90. The van der Waals surface area contributed by atoms with Crippen molar-refractivity contribution in [2.24, 2.45) is 0 Å². The van der Waals surface area contributed by atoms with E-state index < -0.39 is 0 Å². The Balaban J connectivity index is 1.65. The van der Waals surface area contributed by atoms with Crippen LogP contribution < -0.4 is 10.9 Å². The number of hydrogen-bond acceptors (Lipinski definition) is 5. The lowest BCUT2D eigenvalue weighted by molar-refractivity contribution is -0.132. The Morgan fingerprint density at radius 1 is 1.33 bits per heavy atom. The first kappa shape index (κ1) is 16.0. The number of amides is 2. The van der Waals surface area contributed by atoms with Crippen molar-refractivity contribution >= 4 is 11.8 Å². The molecule has 126 valence electrons. The van der Waals surface area contributed by atoms with Crippen molar-refractivity contribution in [1.29, 1.82) is 0 Å².